The molecule has 2 aromatic rings. The molecule has 0 atom stereocenters. The lowest BCUT2D eigenvalue weighted by atomic mass is 10.2. The predicted octanol–water partition coefficient (Wildman–Crippen LogP) is 3.73. The SMILES string of the molecule is CCN(CC)S(=O)(=O)c1ccc(F)c(C(=O)OC/C=C/c2ccccc2)c1. The maximum Gasteiger partial charge on any atom is 0.341 e. The number of rotatable bonds is 8. The summed E-state index contributed by atoms with van der Waals surface area (Å²) in [6.45, 7) is 3.92. The Morgan fingerprint density at radius 1 is 1.11 bits per heavy atom. The van der Waals surface area contributed by atoms with Gasteiger partial charge in [0.1, 0.15) is 12.4 Å². The lowest BCUT2D eigenvalue weighted by molar-refractivity contribution is 0.0544. The van der Waals surface area contributed by atoms with Crippen LogP contribution in [0.25, 0.3) is 6.08 Å². The number of sulfonamides is 1. The van der Waals surface area contributed by atoms with Gasteiger partial charge in [-0.2, -0.15) is 4.31 Å². The van der Waals surface area contributed by atoms with Crippen LogP contribution in [0.1, 0.15) is 29.8 Å². The second-order valence-corrected chi connectivity index (χ2v) is 7.58. The van der Waals surface area contributed by atoms with Gasteiger partial charge >= 0.3 is 5.97 Å². The number of nitrogens with zero attached hydrogens (tertiary/aromatic N) is 1. The van der Waals surface area contributed by atoms with E-state index in [0.717, 1.165) is 23.8 Å². The molecule has 0 bridgehead atoms. The van der Waals surface area contributed by atoms with Crippen LogP contribution in [0.5, 0.6) is 0 Å². The van der Waals surface area contributed by atoms with Crippen LogP contribution < -0.4 is 0 Å². The maximum atomic E-state index is 14.0. The molecule has 0 heterocycles. The quantitative estimate of drug-likeness (QED) is 0.644. The summed E-state index contributed by atoms with van der Waals surface area (Å²) in [5, 5.41) is 0. The molecule has 0 aliphatic rings. The van der Waals surface area contributed by atoms with Crippen molar-refractivity contribution < 1.29 is 22.3 Å². The number of benzene rings is 2. The summed E-state index contributed by atoms with van der Waals surface area (Å²) in [6, 6.07) is 12.6. The van der Waals surface area contributed by atoms with Crippen LogP contribution in [0.4, 0.5) is 4.39 Å². The van der Waals surface area contributed by atoms with Gasteiger partial charge in [0.25, 0.3) is 0 Å². The maximum absolute atomic E-state index is 14.0. The number of carbonyl (C=O) groups excluding carboxylic acids is 1. The van der Waals surface area contributed by atoms with Crippen molar-refractivity contribution in [3.63, 3.8) is 0 Å². The van der Waals surface area contributed by atoms with E-state index in [2.05, 4.69) is 0 Å². The van der Waals surface area contributed by atoms with Gasteiger partial charge in [-0.25, -0.2) is 17.6 Å². The highest BCUT2D eigenvalue weighted by atomic mass is 32.2. The number of hydrogen-bond acceptors (Lipinski definition) is 4. The molecule has 0 aromatic heterocycles. The molecule has 0 aliphatic carbocycles. The van der Waals surface area contributed by atoms with E-state index >= 15 is 0 Å². The molecular formula is C20H22FNO4S. The molecule has 27 heavy (non-hydrogen) atoms. The van der Waals surface area contributed by atoms with Gasteiger partial charge in [-0.15, -0.1) is 0 Å². The molecule has 2 aromatic carbocycles. The molecule has 0 aliphatic heterocycles. The fourth-order valence-corrected chi connectivity index (χ4v) is 3.97. The average Bonchev–Trinajstić information content (AvgIpc) is 2.67. The summed E-state index contributed by atoms with van der Waals surface area (Å²) < 4.78 is 45.4. The van der Waals surface area contributed by atoms with Gasteiger partial charge in [0.05, 0.1) is 10.5 Å². The fraction of sp³-hybridized carbons (Fsp3) is 0.250. The Kier molecular flexibility index (Phi) is 7.27. The third-order valence-electron chi connectivity index (χ3n) is 3.92. The highest BCUT2D eigenvalue weighted by Gasteiger charge is 2.24. The number of halogens is 1. The van der Waals surface area contributed by atoms with Crippen molar-refractivity contribution >= 4 is 22.1 Å². The van der Waals surface area contributed by atoms with Crippen molar-refractivity contribution in [1.82, 2.24) is 4.31 Å². The second kappa shape index (κ2) is 9.43. The van der Waals surface area contributed by atoms with Gasteiger partial charge in [0, 0.05) is 13.1 Å². The molecule has 0 amide bonds. The van der Waals surface area contributed by atoms with Crippen molar-refractivity contribution in [3.8, 4) is 0 Å². The summed E-state index contributed by atoms with van der Waals surface area (Å²) in [4.78, 5) is 12.0. The Balaban J connectivity index is 2.13. The molecular weight excluding hydrogens is 369 g/mol. The van der Waals surface area contributed by atoms with E-state index in [-0.39, 0.29) is 24.6 Å². The zero-order chi connectivity index (χ0) is 19.9. The molecule has 7 heteroatoms. The van der Waals surface area contributed by atoms with Gasteiger partial charge in [0.2, 0.25) is 10.0 Å². The number of ether oxygens (including phenoxy) is 1. The number of esters is 1. The third-order valence-corrected chi connectivity index (χ3v) is 5.97. The van der Waals surface area contributed by atoms with Crippen molar-refractivity contribution in [2.24, 2.45) is 0 Å². The van der Waals surface area contributed by atoms with Crippen LogP contribution in [-0.4, -0.2) is 38.4 Å². The summed E-state index contributed by atoms with van der Waals surface area (Å²) >= 11 is 0. The number of carbonyl (C=O) groups is 1. The van der Waals surface area contributed by atoms with Gasteiger partial charge < -0.3 is 4.74 Å². The normalized spacial score (nSPS) is 11.9. The van der Waals surface area contributed by atoms with Crippen molar-refractivity contribution in [2.45, 2.75) is 18.7 Å². The summed E-state index contributed by atoms with van der Waals surface area (Å²) in [5.74, 6) is -1.74. The Labute approximate surface area is 159 Å². The Morgan fingerprint density at radius 2 is 1.78 bits per heavy atom. The van der Waals surface area contributed by atoms with Gasteiger partial charge in [-0.1, -0.05) is 50.3 Å². The molecule has 0 unspecified atom stereocenters. The molecule has 0 saturated heterocycles. The molecule has 0 saturated carbocycles. The van der Waals surface area contributed by atoms with Gasteiger partial charge in [0.15, 0.2) is 0 Å². The second-order valence-electron chi connectivity index (χ2n) is 5.64. The first-order chi connectivity index (χ1) is 12.9. The number of hydrogen-bond donors (Lipinski definition) is 0. The Bertz CT molecular complexity index is 907. The molecule has 0 radical (unpaired) electrons. The van der Waals surface area contributed by atoms with E-state index in [4.69, 9.17) is 4.74 Å². The first-order valence-electron chi connectivity index (χ1n) is 8.58. The van der Waals surface area contributed by atoms with Crippen LogP contribution >= 0.6 is 0 Å². The molecule has 0 N–H and O–H groups in total. The lowest BCUT2D eigenvalue weighted by Gasteiger charge is -2.18. The molecule has 0 spiro atoms. The van der Waals surface area contributed by atoms with Crippen LogP contribution in [0.15, 0.2) is 59.5 Å². The van der Waals surface area contributed by atoms with Crippen LogP contribution in [0.2, 0.25) is 0 Å². The van der Waals surface area contributed by atoms with E-state index in [1.165, 1.54) is 4.31 Å². The van der Waals surface area contributed by atoms with Crippen LogP contribution in [-0.2, 0) is 14.8 Å². The minimum absolute atomic E-state index is 0.0554. The van der Waals surface area contributed by atoms with Crippen LogP contribution in [0, 0.1) is 5.82 Å². The van der Waals surface area contributed by atoms with E-state index in [1.807, 2.05) is 30.3 Å². The highest BCUT2D eigenvalue weighted by molar-refractivity contribution is 7.89. The zero-order valence-corrected chi connectivity index (χ0v) is 16.1. The Morgan fingerprint density at radius 3 is 2.41 bits per heavy atom. The summed E-state index contributed by atoms with van der Waals surface area (Å²) in [5.41, 5.74) is 0.531. The van der Waals surface area contributed by atoms with Gasteiger partial charge in [-0.3, -0.25) is 0 Å². The monoisotopic (exact) mass is 391 g/mol. The largest absolute Gasteiger partial charge is 0.458 e. The molecule has 2 rings (SSSR count). The fourth-order valence-electron chi connectivity index (χ4n) is 2.48. The average molecular weight is 391 g/mol. The molecule has 5 nitrogen and oxygen atoms in total. The third kappa shape index (κ3) is 5.24. The van der Waals surface area contributed by atoms with E-state index in [0.29, 0.717) is 0 Å². The van der Waals surface area contributed by atoms with Crippen molar-refractivity contribution in [1.29, 1.82) is 0 Å². The highest BCUT2D eigenvalue weighted by Crippen LogP contribution is 2.20. The minimum Gasteiger partial charge on any atom is -0.458 e. The van der Waals surface area contributed by atoms with Crippen molar-refractivity contribution in [2.75, 3.05) is 19.7 Å². The summed E-state index contributed by atoms with van der Waals surface area (Å²) in [7, 11) is -3.79. The first kappa shape index (κ1) is 20.8. The first-order valence-corrected chi connectivity index (χ1v) is 10.0. The molecule has 0 fully saturated rings. The van der Waals surface area contributed by atoms with E-state index in [1.54, 1.807) is 26.0 Å². The predicted molar refractivity (Wildman–Crippen MR) is 102 cm³/mol. The Hall–Kier alpha value is -2.51. The standard InChI is InChI=1S/C20H22FNO4S/c1-3-22(4-2)27(24,25)17-12-13-19(21)18(15-17)20(23)26-14-8-11-16-9-6-5-7-10-16/h5-13,15H,3-4,14H2,1-2H3/b11-8+. The van der Waals surface area contributed by atoms with Gasteiger partial charge in [-0.05, 0) is 29.8 Å². The van der Waals surface area contributed by atoms with Crippen LogP contribution in [0.3, 0.4) is 0 Å². The summed E-state index contributed by atoms with van der Waals surface area (Å²) in [6.07, 6.45) is 3.40. The van der Waals surface area contributed by atoms with E-state index in [9.17, 15) is 17.6 Å². The smallest absolute Gasteiger partial charge is 0.341 e. The molecule has 144 valence electrons. The minimum atomic E-state index is -3.79. The van der Waals surface area contributed by atoms with Crippen molar-refractivity contribution in [3.05, 3.63) is 71.6 Å². The lowest BCUT2D eigenvalue weighted by Crippen LogP contribution is -2.30. The van der Waals surface area contributed by atoms with E-state index < -0.39 is 27.4 Å². The zero-order valence-electron chi connectivity index (χ0n) is 15.3. The topological polar surface area (TPSA) is 63.7 Å².